The van der Waals surface area contributed by atoms with Gasteiger partial charge in [0.1, 0.15) is 23.7 Å². The van der Waals surface area contributed by atoms with Crippen molar-refractivity contribution < 1.29 is 33.1 Å². The fourth-order valence-corrected chi connectivity index (χ4v) is 8.91. The summed E-state index contributed by atoms with van der Waals surface area (Å²) in [6.45, 7) is 4.92. The van der Waals surface area contributed by atoms with Crippen LogP contribution < -0.4 is 20.3 Å². The molecule has 0 radical (unpaired) electrons. The van der Waals surface area contributed by atoms with Crippen LogP contribution in [-0.2, 0) is 16.1 Å². The third kappa shape index (κ3) is 8.25. The van der Waals surface area contributed by atoms with Crippen LogP contribution in [-0.4, -0.2) is 118 Å². The number of fused-ring (bicyclic) bond motifs is 1. The maximum atomic E-state index is 15.3. The van der Waals surface area contributed by atoms with E-state index in [1.807, 2.05) is 12.1 Å². The summed E-state index contributed by atoms with van der Waals surface area (Å²) in [6, 6.07) is 12.5. The van der Waals surface area contributed by atoms with Gasteiger partial charge in [-0.2, -0.15) is 5.26 Å². The molecule has 4 aliphatic heterocycles. The van der Waals surface area contributed by atoms with E-state index < -0.39 is 35.5 Å². The fourth-order valence-electron chi connectivity index (χ4n) is 8.70. The Morgan fingerprint density at radius 2 is 1.62 bits per heavy atom. The lowest BCUT2D eigenvalue weighted by Crippen LogP contribution is -2.54. The molecule has 5 amide bonds. The normalized spacial score (nSPS) is 23.4. The van der Waals surface area contributed by atoms with E-state index in [1.165, 1.54) is 6.07 Å². The number of nitrogens with one attached hydrogen (secondary N) is 2. The Morgan fingerprint density at radius 1 is 0.897 bits per heavy atom. The van der Waals surface area contributed by atoms with Crippen molar-refractivity contribution in [3.8, 4) is 11.8 Å². The molecular formula is C41H43ClFN9O6. The van der Waals surface area contributed by atoms with Gasteiger partial charge in [0.15, 0.2) is 11.5 Å². The van der Waals surface area contributed by atoms with Crippen molar-refractivity contribution >= 4 is 47.0 Å². The summed E-state index contributed by atoms with van der Waals surface area (Å²) < 4.78 is 21.4. The minimum atomic E-state index is -1.10. The Morgan fingerprint density at radius 3 is 2.28 bits per heavy atom. The van der Waals surface area contributed by atoms with Gasteiger partial charge in [-0.25, -0.2) is 4.39 Å². The van der Waals surface area contributed by atoms with Crippen LogP contribution in [0, 0.1) is 17.1 Å². The van der Waals surface area contributed by atoms with Gasteiger partial charge in [0, 0.05) is 75.9 Å². The van der Waals surface area contributed by atoms with Crippen LogP contribution >= 0.6 is 11.6 Å². The largest absolute Gasteiger partial charge is 0.490 e. The van der Waals surface area contributed by atoms with Gasteiger partial charge in [-0.3, -0.25) is 44.0 Å². The molecule has 0 spiro atoms. The molecule has 1 atom stereocenters. The summed E-state index contributed by atoms with van der Waals surface area (Å²) in [5.41, 5.74) is 1.01. The number of piperazine rings is 1. The number of ether oxygens (including phenoxy) is 1. The molecule has 2 aromatic carbocycles. The second-order valence-corrected chi connectivity index (χ2v) is 16.0. The molecule has 58 heavy (non-hydrogen) atoms. The molecule has 1 aromatic heterocycles. The zero-order valence-electron chi connectivity index (χ0n) is 31.8. The first-order valence-corrected chi connectivity index (χ1v) is 20.2. The van der Waals surface area contributed by atoms with Crippen molar-refractivity contribution in [1.82, 2.24) is 35.5 Å². The van der Waals surface area contributed by atoms with Crippen molar-refractivity contribution in [2.75, 3.05) is 44.2 Å². The molecule has 4 fully saturated rings. The van der Waals surface area contributed by atoms with Gasteiger partial charge in [-0.1, -0.05) is 11.6 Å². The summed E-state index contributed by atoms with van der Waals surface area (Å²) >= 11 is 6.14. The van der Waals surface area contributed by atoms with E-state index in [0.717, 1.165) is 81.5 Å². The molecule has 0 bridgehead atoms. The predicted molar refractivity (Wildman–Crippen MR) is 207 cm³/mol. The molecule has 1 aliphatic carbocycles. The molecule has 1 unspecified atom stereocenters. The van der Waals surface area contributed by atoms with Crippen LogP contribution in [0.25, 0.3) is 0 Å². The van der Waals surface area contributed by atoms with Crippen LogP contribution in [0.2, 0.25) is 5.02 Å². The maximum absolute atomic E-state index is 15.3. The molecule has 8 rings (SSSR count). The average Bonchev–Trinajstić information content (AvgIpc) is 3.46. The third-order valence-corrected chi connectivity index (χ3v) is 12.3. The SMILES string of the molecule is N#Cc1ccc(O[C@H]2CC[C@H](NC(=O)c3ccc(N4CCC(N5CCN(Cc6cc7c(cc6F)C(=O)N(C6CCC(=O)NC6=O)C7=O)CC5)CC4)nn3)CC2)cc1Cl. The Bertz CT molecular complexity index is 2160. The van der Waals surface area contributed by atoms with E-state index in [0.29, 0.717) is 41.0 Å². The highest BCUT2D eigenvalue weighted by atomic mass is 35.5. The molecular weight excluding hydrogens is 769 g/mol. The Hall–Kier alpha value is -5.50. The van der Waals surface area contributed by atoms with Gasteiger partial charge >= 0.3 is 0 Å². The first kappa shape index (κ1) is 39.3. The number of carbonyl (C=O) groups is 5. The molecule has 1 saturated carbocycles. The summed E-state index contributed by atoms with van der Waals surface area (Å²) in [5, 5.41) is 23.4. The number of anilines is 1. The minimum Gasteiger partial charge on any atom is -0.490 e. The number of nitriles is 1. The van der Waals surface area contributed by atoms with Crippen LogP contribution in [0.3, 0.4) is 0 Å². The van der Waals surface area contributed by atoms with Crippen LogP contribution in [0.15, 0.2) is 42.5 Å². The Balaban J connectivity index is 0.765. The Labute approximate surface area is 339 Å². The van der Waals surface area contributed by atoms with Crippen LogP contribution in [0.4, 0.5) is 10.2 Å². The number of piperidine rings is 2. The highest BCUT2D eigenvalue weighted by molar-refractivity contribution is 6.31. The zero-order chi connectivity index (χ0) is 40.5. The molecule has 15 nitrogen and oxygen atoms in total. The lowest BCUT2D eigenvalue weighted by Gasteiger charge is -2.43. The van der Waals surface area contributed by atoms with E-state index in [1.54, 1.807) is 24.3 Å². The second-order valence-electron chi connectivity index (χ2n) is 15.6. The standard InChI is InChI=1S/C41H43ClFN9O6/c42-32-20-29(4-1-24(32)22-44)58-28-5-2-26(3-6-28)45-38(54)34-7-9-36(48-47-34)51-13-11-27(12-14-51)50-17-15-49(16-18-50)23-25-19-30-31(21-33(25)43)41(57)52(40(30)56)35-8-10-37(53)46-39(35)55/h1,4,7,9,19-21,26-28,35H,2-3,5-6,8,10-18,23H2,(H,45,54)(H,46,53,55)/t26-,28-,35?. The molecule has 3 saturated heterocycles. The minimum absolute atomic E-state index is 0.00473. The van der Waals surface area contributed by atoms with E-state index in [4.69, 9.17) is 21.6 Å². The molecule has 5 heterocycles. The highest BCUT2D eigenvalue weighted by Crippen LogP contribution is 2.31. The molecule has 3 aromatic rings. The fraction of sp³-hybridized carbons (Fsp3) is 0.463. The number of amides is 5. The monoisotopic (exact) mass is 811 g/mol. The highest BCUT2D eigenvalue weighted by Gasteiger charge is 2.45. The number of halogens is 2. The first-order chi connectivity index (χ1) is 28.0. The first-order valence-electron chi connectivity index (χ1n) is 19.8. The smallest absolute Gasteiger partial charge is 0.272 e. The number of rotatable bonds is 9. The van der Waals surface area contributed by atoms with E-state index in [9.17, 15) is 24.0 Å². The number of benzene rings is 2. The molecule has 2 N–H and O–H groups in total. The summed E-state index contributed by atoms with van der Waals surface area (Å²) in [4.78, 5) is 71.0. The summed E-state index contributed by atoms with van der Waals surface area (Å²) in [5.74, 6) is -1.99. The summed E-state index contributed by atoms with van der Waals surface area (Å²) in [7, 11) is 0. The number of carbonyl (C=O) groups excluding carboxylic acids is 5. The average molecular weight is 812 g/mol. The van der Waals surface area contributed by atoms with E-state index >= 15 is 4.39 Å². The van der Waals surface area contributed by atoms with Crippen molar-refractivity contribution in [2.24, 2.45) is 0 Å². The molecule has 17 heteroatoms. The topological polar surface area (TPSA) is 181 Å². The van der Waals surface area contributed by atoms with Crippen LogP contribution in [0.1, 0.15) is 93.7 Å². The van der Waals surface area contributed by atoms with Gasteiger partial charge in [-0.15, -0.1) is 10.2 Å². The lowest BCUT2D eigenvalue weighted by molar-refractivity contribution is -0.136. The van der Waals surface area contributed by atoms with Gasteiger partial charge in [0.05, 0.1) is 27.8 Å². The second kappa shape index (κ2) is 16.8. The van der Waals surface area contributed by atoms with Crippen molar-refractivity contribution in [3.05, 3.63) is 81.3 Å². The van der Waals surface area contributed by atoms with Gasteiger partial charge in [-0.05, 0) is 81.3 Å². The van der Waals surface area contributed by atoms with Crippen molar-refractivity contribution in [2.45, 2.75) is 82.1 Å². The van der Waals surface area contributed by atoms with Crippen molar-refractivity contribution in [1.29, 1.82) is 5.26 Å². The lowest BCUT2D eigenvalue weighted by atomic mass is 9.93. The van der Waals surface area contributed by atoms with E-state index in [2.05, 4.69) is 35.5 Å². The maximum Gasteiger partial charge on any atom is 0.272 e. The van der Waals surface area contributed by atoms with E-state index in [-0.39, 0.29) is 54.3 Å². The quantitative estimate of drug-likeness (QED) is 0.301. The number of aromatic nitrogens is 2. The predicted octanol–water partition coefficient (Wildman–Crippen LogP) is 3.45. The zero-order valence-corrected chi connectivity index (χ0v) is 32.5. The van der Waals surface area contributed by atoms with Gasteiger partial charge in [0.25, 0.3) is 17.7 Å². The summed E-state index contributed by atoms with van der Waals surface area (Å²) in [6.07, 6.45) is 5.02. The Kier molecular flexibility index (Phi) is 11.4. The number of nitrogens with zero attached hydrogens (tertiary/aromatic N) is 7. The molecule has 302 valence electrons. The van der Waals surface area contributed by atoms with Crippen molar-refractivity contribution in [3.63, 3.8) is 0 Å². The number of imide groups is 2. The molecule has 5 aliphatic rings. The third-order valence-electron chi connectivity index (χ3n) is 12.0. The van der Waals surface area contributed by atoms with Crippen LogP contribution in [0.5, 0.6) is 5.75 Å². The van der Waals surface area contributed by atoms with Gasteiger partial charge in [0.2, 0.25) is 11.8 Å². The van der Waals surface area contributed by atoms with Gasteiger partial charge < -0.3 is 15.0 Å². The number of hydrogen-bond acceptors (Lipinski definition) is 12. The number of hydrogen-bond donors (Lipinski definition) is 2.